The molecule has 0 aliphatic heterocycles. The van der Waals surface area contributed by atoms with Crippen LogP contribution in [0.15, 0.2) is 53.5 Å². The molecule has 2 N–H and O–H groups in total. The molecule has 7 heteroatoms. The average Bonchev–Trinajstić information content (AvgIpc) is 3.53. The summed E-state index contributed by atoms with van der Waals surface area (Å²) in [5, 5.41) is 10.2. The molecule has 1 fully saturated rings. The lowest BCUT2D eigenvalue weighted by atomic mass is 10.1. The molecule has 0 saturated heterocycles. The number of anilines is 2. The first-order valence-electron chi connectivity index (χ1n) is 9.90. The molecule has 1 amide bonds. The van der Waals surface area contributed by atoms with E-state index in [1.165, 1.54) is 10.9 Å². The molecule has 1 aliphatic rings. The second kappa shape index (κ2) is 8.02. The zero-order chi connectivity index (χ0) is 21.3. The van der Waals surface area contributed by atoms with Crippen LogP contribution in [0, 0.1) is 13.8 Å². The smallest absolute Gasteiger partial charge is 0.294 e. The number of carbonyl (C=O) groups excluding carboxylic acids is 1. The number of hydrogen-bond donors (Lipinski definition) is 2. The fraction of sp³-hybridized carbons (Fsp3) is 0.261. The van der Waals surface area contributed by atoms with E-state index in [9.17, 15) is 9.59 Å². The highest BCUT2D eigenvalue weighted by atomic mass is 16.5. The van der Waals surface area contributed by atoms with Crippen molar-refractivity contribution in [3.05, 3.63) is 75.7 Å². The molecule has 1 aliphatic carbocycles. The van der Waals surface area contributed by atoms with E-state index in [1.54, 1.807) is 31.3 Å². The molecule has 0 atom stereocenters. The molecule has 1 saturated carbocycles. The van der Waals surface area contributed by atoms with E-state index in [1.807, 2.05) is 32.0 Å². The van der Waals surface area contributed by atoms with Crippen molar-refractivity contribution in [3.63, 3.8) is 0 Å². The minimum atomic E-state index is -0.329. The summed E-state index contributed by atoms with van der Waals surface area (Å²) in [5.41, 5.74) is 3.17. The molecule has 0 unspecified atom stereocenters. The Bertz CT molecular complexity index is 1170. The Balaban J connectivity index is 1.64. The van der Waals surface area contributed by atoms with Gasteiger partial charge in [-0.2, -0.15) is 5.10 Å². The molecular formula is C23H24N4O3. The highest BCUT2D eigenvalue weighted by molar-refractivity contribution is 5.95. The lowest BCUT2D eigenvalue weighted by Gasteiger charge is -2.15. The Morgan fingerprint density at radius 3 is 2.67 bits per heavy atom. The van der Waals surface area contributed by atoms with Crippen molar-refractivity contribution >= 4 is 17.3 Å². The molecular weight excluding hydrogens is 380 g/mol. The number of nitrogens with zero attached hydrogens (tertiary/aromatic N) is 2. The van der Waals surface area contributed by atoms with Gasteiger partial charge in [-0.3, -0.25) is 9.59 Å². The number of rotatable bonds is 6. The van der Waals surface area contributed by atoms with Crippen LogP contribution in [-0.4, -0.2) is 21.7 Å². The van der Waals surface area contributed by atoms with Crippen LogP contribution in [0.5, 0.6) is 11.5 Å². The maximum atomic E-state index is 12.8. The first kappa shape index (κ1) is 19.7. The second-order valence-electron chi connectivity index (χ2n) is 7.64. The maximum Gasteiger partial charge on any atom is 0.294 e. The van der Waals surface area contributed by atoms with E-state index in [2.05, 4.69) is 15.7 Å². The average molecular weight is 404 g/mol. The van der Waals surface area contributed by atoms with Gasteiger partial charge < -0.3 is 15.4 Å². The fourth-order valence-electron chi connectivity index (χ4n) is 3.13. The van der Waals surface area contributed by atoms with E-state index >= 15 is 0 Å². The zero-order valence-corrected chi connectivity index (χ0v) is 17.2. The lowest BCUT2D eigenvalue weighted by molar-refractivity contribution is 0.0951. The van der Waals surface area contributed by atoms with Gasteiger partial charge in [0.1, 0.15) is 5.75 Å². The van der Waals surface area contributed by atoms with Crippen molar-refractivity contribution in [1.82, 2.24) is 15.1 Å². The Labute approximate surface area is 174 Å². The third kappa shape index (κ3) is 4.35. The first-order chi connectivity index (χ1) is 14.4. The molecule has 4 rings (SSSR count). The van der Waals surface area contributed by atoms with Crippen molar-refractivity contribution in [1.29, 1.82) is 0 Å². The number of aromatic nitrogens is 2. The van der Waals surface area contributed by atoms with Crippen LogP contribution in [0.25, 0.3) is 0 Å². The summed E-state index contributed by atoms with van der Waals surface area (Å²) in [6.45, 7) is 3.96. The summed E-state index contributed by atoms with van der Waals surface area (Å²) >= 11 is 0. The summed E-state index contributed by atoms with van der Waals surface area (Å²) < 4.78 is 7.26. The number of aryl methyl sites for hydroxylation is 3. The number of nitrogens with one attached hydrogen (secondary N) is 2. The quantitative estimate of drug-likeness (QED) is 0.652. The van der Waals surface area contributed by atoms with Gasteiger partial charge in [-0.1, -0.05) is 23.8 Å². The Morgan fingerprint density at radius 1 is 1.13 bits per heavy atom. The predicted molar refractivity (Wildman–Crippen MR) is 116 cm³/mol. The predicted octanol–water partition coefficient (Wildman–Crippen LogP) is 3.83. The number of amides is 1. The van der Waals surface area contributed by atoms with Crippen LogP contribution >= 0.6 is 0 Å². The Kier molecular flexibility index (Phi) is 5.27. The standard InChI is InChI=1S/C23H24N4O3/c1-14-7-10-19(15(2)11-14)30-20-13-24-27(3)23(29)21(20)25-18-6-4-5-16(12-18)22(28)26-17-8-9-17/h4-7,10-13,17,25H,8-9H2,1-3H3,(H,26,28). The van der Waals surface area contributed by atoms with E-state index in [-0.39, 0.29) is 23.2 Å². The third-order valence-corrected chi connectivity index (χ3v) is 4.96. The zero-order valence-electron chi connectivity index (χ0n) is 17.2. The maximum absolute atomic E-state index is 12.8. The third-order valence-electron chi connectivity index (χ3n) is 4.96. The van der Waals surface area contributed by atoms with Crippen LogP contribution in [0.2, 0.25) is 0 Å². The Hall–Kier alpha value is -3.61. The molecule has 154 valence electrons. The van der Waals surface area contributed by atoms with Crippen molar-refractivity contribution in [3.8, 4) is 11.5 Å². The van der Waals surface area contributed by atoms with Gasteiger partial charge in [0.15, 0.2) is 11.4 Å². The number of hydrogen-bond acceptors (Lipinski definition) is 5. The van der Waals surface area contributed by atoms with E-state index in [0.29, 0.717) is 22.7 Å². The highest BCUT2D eigenvalue weighted by Gasteiger charge is 2.24. The number of ether oxygens (including phenoxy) is 1. The van der Waals surface area contributed by atoms with Crippen molar-refractivity contribution < 1.29 is 9.53 Å². The minimum absolute atomic E-state index is 0.115. The molecule has 7 nitrogen and oxygen atoms in total. The van der Waals surface area contributed by atoms with Crippen molar-refractivity contribution in [2.45, 2.75) is 32.7 Å². The van der Waals surface area contributed by atoms with Gasteiger partial charge in [0.25, 0.3) is 11.5 Å². The van der Waals surface area contributed by atoms with E-state index in [0.717, 1.165) is 24.0 Å². The molecule has 0 bridgehead atoms. The summed E-state index contributed by atoms with van der Waals surface area (Å²) in [5.74, 6) is 0.852. The number of benzene rings is 2. The number of carbonyl (C=O) groups is 1. The lowest BCUT2D eigenvalue weighted by Crippen LogP contribution is -2.25. The van der Waals surface area contributed by atoms with Crippen LogP contribution < -0.4 is 20.9 Å². The summed E-state index contributed by atoms with van der Waals surface area (Å²) in [4.78, 5) is 25.1. The van der Waals surface area contributed by atoms with Gasteiger partial charge >= 0.3 is 0 Å². The van der Waals surface area contributed by atoms with Crippen LogP contribution in [0.3, 0.4) is 0 Å². The van der Waals surface area contributed by atoms with E-state index < -0.39 is 0 Å². The molecule has 30 heavy (non-hydrogen) atoms. The monoisotopic (exact) mass is 404 g/mol. The van der Waals surface area contributed by atoms with Gasteiger partial charge in [0, 0.05) is 24.3 Å². The van der Waals surface area contributed by atoms with Crippen LogP contribution in [0.4, 0.5) is 11.4 Å². The largest absolute Gasteiger partial charge is 0.453 e. The van der Waals surface area contributed by atoms with Gasteiger partial charge in [-0.05, 0) is 56.5 Å². The highest BCUT2D eigenvalue weighted by Crippen LogP contribution is 2.31. The van der Waals surface area contributed by atoms with Crippen LogP contribution in [0.1, 0.15) is 34.3 Å². The second-order valence-corrected chi connectivity index (χ2v) is 7.64. The van der Waals surface area contributed by atoms with E-state index in [4.69, 9.17) is 4.74 Å². The van der Waals surface area contributed by atoms with Crippen LogP contribution in [-0.2, 0) is 7.05 Å². The molecule has 2 aromatic carbocycles. The topological polar surface area (TPSA) is 85.2 Å². The van der Waals surface area contributed by atoms with Gasteiger partial charge in [-0.15, -0.1) is 0 Å². The molecule has 1 heterocycles. The van der Waals surface area contributed by atoms with Crippen molar-refractivity contribution in [2.75, 3.05) is 5.32 Å². The first-order valence-corrected chi connectivity index (χ1v) is 9.90. The summed E-state index contributed by atoms with van der Waals surface area (Å²) in [7, 11) is 1.58. The van der Waals surface area contributed by atoms with Gasteiger partial charge in [0.05, 0.1) is 6.20 Å². The Morgan fingerprint density at radius 2 is 1.93 bits per heavy atom. The van der Waals surface area contributed by atoms with Gasteiger partial charge in [0.2, 0.25) is 0 Å². The molecule has 3 aromatic rings. The molecule has 1 aromatic heterocycles. The van der Waals surface area contributed by atoms with Gasteiger partial charge in [-0.25, -0.2) is 4.68 Å². The fourth-order valence-corrected chi connectivity index (χ4v) is 3.13. The molecule has 0 spiro atoms. The normalized spacial score (nSPS) is 13.0. The minimum Gasteiger partial charge on any atom is -0.453 e. The SMILES string of the molecule is Cc1ccc(Oc2cnn(C)c(=O)c2Nc2cccc(C(=O)NC3CC3)c2)c(C)c1. The molecule has 0 radical (unpaired) electrons. The summed E-state index contributed by atoms with van der Waals surface area (Å²) in [6.07, 6.45) is 3.55. The van der Waals surface area contributed by atoms with Crippen molar-refractivity contribution in [2.24, 2.45) is 7.05 Å². The summed E-state index contributed by atoms with van der Waals surface area (Å²) in [6, 6.07) is 13.2.